The lowest BCUT2D eigenvalue weighted by Crippen LogP contribution is -2.48. The largest absolute Gasteiger partial charge is 0.468 e. The Morgan fingerprint density at radius 1 is 1.21 bits per heavy atom. The van der Waals surface area contributed by atoms with Crippen molar-refractivity contribution in [2.24, 2.45) is 0 Å². The zero-order valence-corrected chi connectivity index (χ0v) is 15.4. The first-order valence-electron chi connectivity index (χ1n) is 8.13. The van der Waals surface area contributed by atoms with E-state index in [2.05, 4.69) is 31.0 Å². The Kier molecular flexibility index (Phi) is 5.71. The van der Waals surface area contributed by atoms with Crippen molar-refractivity contribution in [2.75, 3.05) is 38.0 Å². The minimum absolute atomic E-state index is 0.0269. The highest BCUT2D eigenvalue weighted by Gasteiger charge is 2.19. The van der Waals surface area contributed by atoms with Crippen LogP contribution in [-0.2, 0) is 11.3 Å². The maximum absolute atomic E-state index is 12.3. The molecule has 0 spiro atoms. The van der Waals surface area contributed by atoms with Gasteiger partial charge in [0.25, 0.3) is 0 Å². The number of halogens is 1. The maximum Gasteiger partial charge on any atom is 0.238 e. The summed E-state index contributed by atoms with van der Waals surface area (Å²) in [5.74, 6) is 1.02. The predicted molar refractivity (Wildman–Crippen MR) is 97.9 cm³/mol. The van der Waals surface area contributed by atoms with Crippen LogP contribution in [0.1, 0.15) is 11.3 Å². The summed E-state index contributed by atoms with van der Waals surface area (Å²) < 4.78 is 6.31. The first-order valence-corrected chi connectivity index (χ1v) is 8.92. The lowest BCUT2D eigenvalue weighted by Gasteiger charge is -2.33. The van der Waals surface area contributed by atoms with Crippen LogP contribution in [0.15, 0.2) is 45.5 Å². The topological polar surface area (TPSA) is 48.7 Å². The number of piperazine rings is 1. The third kappa shape index (κ3) is 4.69. The summed E-state index contributed by atoms with van der Waals surface area (Å²) in [6, 6.07) is 9.84. The third-order valence-corrected chi connectivity index (χ3v) is 4.85. The predicted octanol–water partition coefficient (Wildman–Crippen LogP) is 3.11. The molecule has 0 bridgehead atoms. The third-order valence-electron chi connectivity index (χ3n) is 4.19. The zero-order valence-electron chi connectivity index (χ0n) is 13.8. The van der Waals surface area contributed by atoms with Crippen molar-refractivity contribution in [3.63, 3.8) is 0 Å². The number of carbonyl (C=O) groups is 1. The van der Waals surface area contributed by atoms with Gasteiger partial charge in [0.2, 0.25) is 5.91 Å². The van der Waals surface area contributed by atoms with Gasteiger partial charge < -0.3 is 9.73 Å². The normalized spacial score (nSPS) is 16.2. The van der Waals surface area contributed by atoms with Gasteiger partial charge in [-0.05, 0) is 52.7 Å². The molecule has 1 aromatic heterocycles. The summed E-state index contributed by atoms with van der Waals surface area (Å²) in [7, 11) is 0. The molecule has 0 aliphatic carbocycles. The minimum atomic E-state index is 0.0269. The summed E-state index contributed by atoms with van der Waals surface area (Å²) in [5, 5.41) is 2.98. The van der Waals surface area contributed by atoms with Gasteiger partial charge in [-0.2, -0.15) is 0 Å². The van der Waals surface area contributed by atoms with Crippen LogP contribution >= 0.6 is 15.9 Å². The molecule has 0 atom stereocenters. The Morgan fingerprint density at radius 3 is 2.62 bits per heavy atom. The molecule has 1 saturated heterocycles. The van der Waals surface area contributed by atoms with E-state index in [1.165, 1.54) is 0 Å². The number of amides is 1. The molecule has 1 fully saturated rings. The van der Waals surface area contributed by atoms with Crippen molar-refractivity contribution in [1.82, 2.24) is 9.80 Å². The molecular weight excluding hydrogens is 370 g/mol. The van der Waals surface area contributed by atoms with Gasteiger partial charge in [0.15, 0.2) is 0 Å². The van der Waals surface area contributed by atoms with E-state index in [1.807, 2.05) is 37.3 Å². The second-order valence-corrected chi connectivity index (χ2v) is 7.02. The molecule has 6 heteroatoms. The van der Waals surface area contributed by atoms with Gasteiger partial charge in [0.1, 0.15) is 5.76 Å². The molecule has 1 aliphatic heterocycles. The lowest BCUT2D eigenvalue weighted by atomic mass is 10.2. The Bertz CT molecular complexity index is 680. The molecule has 1 N–H and O–H groups in total. The number of nitrogens with zero attached hydrogens (tertiary/aromatic N) is 2. The second-order valence-electron chi connectivity index (χ2n) is 6.16. The summed E-state index contributed by atoms with van der Waals surface area (Å²) in [6.45, 7) is 6.97. The van der Waals surface area contributed by atoms with Gasteiger partial charge in [-0.3, -0.25) is 14.6 Å². The molecule has 0 saturated carbocycles. The number of benzene rings is 1. The minimum Gasteiger partial charge on any atom is -0.468 e. The molecule has 24 heavy (non-hydrogen) atoms. The van der Waals surface area contributed by atoms with E-state index in [-0.39, 0.29) is 5.91 Å². The van der Waals surface area contributed by atoms with Crippen LogP contribution in [-0.4, -0.2) is 48.4 Å². The zero-order chi connectivity index (χ0) is 16.9. The Hall–Kier alpha value is -1.63. The second kappa shape index (κ2) is 7.96. The molecule has 5 nitrogen and oxygen atoms in total. The first-order chi connectivity index (χ1) is 11.6. The SMILES string of the molecule is Cc1ccc(NC(=O)CN2CCN(Cc3ccco3)CC2)c(Br)c1. The van der Waals surface area contributed by atoms with Crippen LogP contribution in [0.3, 0.4) is 0 Å². The van der Waals surface area contributed by atoms with Gasteiger partial charge in [0, 0.05) is 30.7 Å². The molecule has 3 rings (SSSR count). The number of furan rings is 1. The summed E-state index contributed by atoms with van der Waals surface area (Å²) in [4.78, 5) is 16.8. The standard InChI is InChI=1S/C18H22BrN3O2/c1-14-4-5-17(16(19)11-14)20-18(23)13-22-8-6-21(7-9-22)12-15-3-2-10-24-15/h2-5,10-11H,6-9,12-13H2,1H3,(H,20,23). The van der Waals surface area contributed by atoms with Crippen molar-refractivity contribution in [3.8, 4) is 0 Å². The molecule has 128 valence electrons. The van der Waals surface area contributed by atoms with Crippen LogP contribution in [0, 0.1) is 6.92 Å². The molecule has 2 heterocycles. The average molecular weight is 392 g/mol. The van der Waals surface area contributed by atoms with E-state index in [4.69, 9.17) is 4.42 Å². The lowest BCUT2D eigenvalue weighted by molar-refractivity contribution is -0.117. The molecule has 1 aliphatic rings. The van der Waals surface area contributed by atoms with Gasteiger partial charge >= 0.3 is 0 Å². The quantitative estimate of drug-likeness (QED) is 0.850. The monoisotopic (exact) mass is 391 g/mol. The number of nitrogens with one attached hydrogen (secondary N) is 1. The molecule has 1 aromatic carbocycles. The Labute approximate surface area is 150 Å². The van der Waals surface area contributed by atoms with Crippen molar-refractivity contribution in [1.29, 1.82) is 0 Å². The van der Waals surface area contributed by atoms with Crippen LogP contribution in [0.25, 0.3) is 0 Å². The van der Waals surface area contributed by atoms with E-state index >= 15 is 0 Å². The molecule has 1 amide bonds. The number of carbonyl (C=O) groups excluding carboxylic acids is 1. The van der Waals surface area contributed by atoms with E-state index in [0.29, 0.717) is 6.54 Å². The van der Waals surface area contributed by atoms with Crippen LogP contribution in [0.4, 0.5) is 5.69 Å². The van der Waals surface area contributed by atoms with Crippen LogP contribution < -0.4 is 5.32 Å². The number of hydrogen-bond donors (Lipinski definition) is 1. The fourth-order valence-electron chi connectivity index (χ4n) is 2.84. The van der Waals surface area contributed by atoms with Crippen molar-refractivity contribution < 1.29 is 9.21 Å². The highest BCUT2D eigenvalue weighted by molar-refractivity contribution is 9.10. The summed E-state index contributed by atoms with van der Waals surface area (Å²) >= 11 is 3.49. The number of rotatable bonds is 5. The van der Waals surface area contributed by atoms with Crippen LogP contribution in [0.5, 0.6) is 0 Å². The maximum atomic E-state index is 12.3. The highest BCUT2D eigenvalue weighted by Crippen LogP contribution is 2.23. The molecule has 2 aromatic rings. The van der Waals surface area contributed by atoms with Crippen molar-refractivity contribution in [2.45, 2.75) is 13.5 Å². The van der Waals surface area contributed by atoms with Gasteiger partial charge in [-0.15, -0.1) is 0 Å². The highest BCUT2D eigenvalue weighted by atomic mass is 79.9. The summed E-state index contributed by atoms with van der Waals surface area (Å²) in [5.41, 5.74) is 1.98. The van der Waals surface area contributed by atoms with E-state index in [9.17, 15) is 4.79 Å². The number of hydrogen-bond acceptors (Lipinski definition) is 4. The number of anilines is 1. The van der Waals surface area contributed by atoms with Gasteiger partial charge in [-0.1, -0.05) is 6.07 Å². The van der Waals surface area contributed by atoms with E-state index in [0.717, 1.165) is 54.2 Å². The van der Waals surface area contributed by atoms with Gasteiger partial charge in [0.05, 0.1) is 25.0 Å². The fraction of sp³-hybridized carbons (Fsp3) is 0.389. The van der Waals surface area contributed by atoms with Crippen molar-refractivity contribution >= 4 is 27.5 Å². The fourth-order valence-corrected chi connectivity index (χ4v) is 3.44. The smallest absolute Gasteiger partial charge is 0.238 e. The van der Waals surface area contributed by atoms with Crippen molar-refractivity contribution in [3.05, 3.63) is 52.4 Å². The van der Waals surface area contributed by atoms with Crippen LogP contribution in [0.2, 0.25) is 0 Å². The average Bonchev–Trinajstić information content (AvgIpc) is 3.05. The molecular formula is C18H22BrN3O2. The van der Waals surface area contributed by atoms with E-state index in [1.54, 1.807) is 6.26 Å². The van der Waals surface area contributed by atoms with Gasteiger partial charge in [-0.25, -0.2) is 0 Å². The molecule has 0 unspecified atom stereocenters. The Balaban J connectivity index is 1.44. The summed E-state index contributed by atoms with van der Waals surface area (Å²) in [6.07, 6.45) is 1.71. The molecule has 0 radical (unpaired) electrons. The number of aryl methyl sites for hydroxylation is 1. The Morgan fingerprint density at radius 2 is 1.96 bits per heavy atom. The van der Waals surface area contributed by atoms with E-state index < -0.39 is 0 Å². The first kappa shape index (κ1) is 17.2.